The minimum atomic E-state index is -0.542. The van der Waals surface area contributed by atoms with Gasteiger partial charge >= 0.3 is 5.69 Å². The van der Waals surface area contributed by atoms with E-state index in [2.05, 4.69) is 27.4 Å². The summed E-state index contributed by atoms with van der Waals surface area (Å²) in [6.07, 6.45) is 9.29. The summed E-state index contributed by atoms with van der Waals surface area (Å²) in [5.41, 5.74) is 2.85. The molecule has 176 valence electrons. The van der Waals surface area contributed by atoms with Gasteiger partial charge < -0.3 is 4.57 Å². The van der Waals surface area contributed by atoms with Gasteiger partial charge in [0.15, 0.2) is 11.2 Å². The van der Waals surface area contributed by atoms with E-state index < -0.39 is 16.2 Å². The molecule has 2 aromatic heterocycles. The number of unbranched alkanes of at least 4 members (excludes halogenated alkanes) is 6. The number of imidazole rings is 1. The zero-order chi connectivity index (χ0) is 23.8. The van der Waals surface area contributed by atoms with Crippen LogP contribution in [0.3, 0.4) is 0 Å². The number of H-pyrrole nitrogens is 1. The molecule has 0 saturated carbocycles. The number of anilines is 1. The summed E-state index contributed by atoms with van der Waals surface area (Å²) in [4.78, 5) is 41.8. The molecule has 11 heteroatoms. The summed E-state index contributed by atoms with van der Waals surface area (Å²) in [5, 5.41) is 15.1. The van der Waals surface area contributed by atoms with Crippen molar-refractivity contribution < 1.29 is 4.92 Å². The topological polar surface area (TPSA) is 140 Å². The highest BCUT2D eigenvalue weighted by Gasteiger charge is 2.17. The molecule has 3 aromatic rings. The predicted octanol–water partition coefficient (Wildman–Crippen LogP) is 3.53. The third-order valence-electron chi connectivity index (χ3n) is 5.45. The smallest absolute Gasteiger partial charge is 0.303 e. The Morgan fingerprint density at radius 2 is 1.91 bits per heavy atom. The van der Waals surface area contributed by atoms with Crippen LogP contribution in [0.4, 0.5) is 11.6 Å². The van der Waals surface area contributed by atoms with Crippen molar-refractivity contribution in [2.75, 3.05) is 5.43 Å². The summed E-state index contributed by atoms with van der Waals surface area (Å²) in [6.45, 7) is 2.73. The molecule has 0 saturated heterocycles. The number of nitro benzene ring substituents is 1. The van der Waals surface area contributed by atoms with Gasteiger partial charge in [-0.25, -0.2) is 10.2 Å². The monoisotopic (exact) mass is 455 g/mol. The van der Waals surface area contributed by atoms with Crippen LogP contribution in [-0.4, -0.2) is 30.2 Å². The van der Waals surface area contributed by atoms with Crippen molar-refractivity contribution in [2.24, 2.45) is 12.1 Å². The van der Waals surface area contributed by atoms with E-state index >= 15 is 0 Å². The maximum atomic E-state index is 12.5. The van der Waals surface area contributed by atoms with Gasteiger partial charge in [0.25, 0.3) is 11.2 Å². The molecule has 0 unspecified atom stereocenters. The highest BCUT2D eigenvalue weighted by molar-refractivity contribution is 5.81. The predicted molar refractivity (Wildman–Crippen MR) is 128 cm³/mol. The van der Waals surface area contributed by atoms with Crippen molar-refractivity contribution in [1.82, 2.24) is 19.1 Å². The van der Waals surface area contributed by atoms with Crippen molar-refractivity contribution >= 4 is 29.0 Å². The summed E-state index contributed by atoms with van der Waals surface area (Å²) in [6, 6.07) is 6.07. The minimum absolute atomic E-state index is 0.0355. The van der Waals surface area contributed by atoms with Gasteiger partial charge in [-0.1, -0.05) is 57.6 Å². The van der Waals surface area contributed by atoms with E-state index in [9.17, 15) is 19.7 Å². The summed E-state index contributed by atoms with van der Waals surface area (Å²) in [5.74, 6) is 0.323. The van der Waals surface area contributed by atoms with Gasteiger partial charge in [0.2, 0.25) is 5.95 Å². The molecule has 0 atom stereocenters. The Morgan fingerprint density at radius 1 is 1.18 bits per heavy atom. The zero-order valence-corrected chi connectivity index (χ0v) is 18.9. The van der Waals surface area contributed by atoms with E-state index in [1.165, 1.54) is 48.6 Å². The van der Waals surface area contributed by atoms with E-state index in [0.29, 0.717) is 23.6 Å². The van der Waals surface area contributed by atoms with E-state index in [0.717, 1.165) is 19.3 Å². The second-order valence-electron chi connectivity index (χ2n) is 7.92. The molecular formula is C22H29N7O4. The van der Waals surface area contributed by atoms with Gasteiger partial charge in [-0.3, -0.25) is 24.5 Å². The van der Waals surface area contributed by atoms with Gasteiger partial charge in [0.1, 0.15) is 0 Å². The summed E-state index contributed by atoms with van der Waals surface area (Å²) < 4.78 is 3.01. The number of nitrogens with zero attached hydrogens (tertiary/aromatic N) is 5. The van der Waals surface area contributed by atoms with Crippen LogP contribution in [0.2, 0.25) is 0 Å². The van der Waals surface area contributed by atoms with Gasteiger partial charge in [0, 0.05) is 31.3 Å². The maximum absolute atomic E-state index is 12.5. The number of nitro groups is 1. The Balaban J connectivity index is 1.81. The number of hydrazone groups is 1. The van der Waals surface area contributed by atoms with E-state index in [4.69, 9.17) is 0 Å². The van der Waals surface area contributed by atoms with Crippen molar-refractivity contribution in [2.45, 2.75) is 58.4 Å². The number of non-ortho nitro benzene ring substituents is 1. The average Bonchev–Trinajstić information content (AvgIpc) is 3.16. The van der Waals surface area contributed by atoms with Crippen molar-refractivity contribution in [3.63, 3.8) is 0 Å². The van der Waals surface area contributed by atoms with Crippen molar-refractivity contribution in [3.05, 3.63) is 60.8 Å². The molecule has 0 aliphatic carbocycles. The first-order chi connectivity index (χ1) is 15.9. The molecule has 2 heterocycles. The Kier molecular flexibility index (Phi) is 8.11. The third-order valence-corrected chi connectivity index (χ3v) is 5.45. The van der Waals surface area contributed by atoms with E-state index in [1.54, 1.807) is 23.7 Å². The molecule has 3 rings (SSSR count). The fourth-order valence-corrected chi connectivity index (χ4v) is 3.65. The molecule has 0 fully saturated rings. The molecule has 2 N–H and O–H groups in total. The first-order valence-corrected chi connectivity index (χ1v) is 11.2. The fraction of sp³-hybridized carbons (Fsp3) is 0.455. The molecule has 0 aliphatic rings. The van der Waals surface area contributed by atoms with Crippen LogP contribution in [0.25, 0.3) is 11.2 Å². The Bertz CT molecular complexity index is 1260. The SMILES string of the molecule is CCCCCCCCCn1c(N/N=C\c2cccc([N+](=O)[O-])c2)nc2c1c(=O)[nH]c(=O)n2C. The number of rotatable bonds is 12. The lowest BCUT2D eigenvalue weighted by Crippen LogP contribution is -2.29. The molecule has 0 amide bonds. The van der Waals surface area contributed by atoms with Crippen molar-refractivity contribution in [3.8, 4) is 0 Å². The van der Waals surface area contributed by atoms with Crippen LogP contribution < -0.4 is 16.7 Å². The highest BCUT2D eigenvalue weighted by atomic mass is 16.6. The number of aromatic nitrogens is 4. The van der Waals surface area contributed by atoms with Crippen LogP contribution in [0.15, 0.2) is 39.0 Å². The second-order valence-corrected chi connectivity index (χ2v) is 7.92. The minimum Gasteiger partial charge on any atom is -0.303 e. The lowest BCUT2D eigenvalue weighted by molar-refractivity contribution is -0.384. The Morgan fingerprint density at radius 3 is 2.64 bits per heavy atom. The number of aromatic amines is 1. The van der Waals surface area contributed by atoms with Gasteiger partial charge in [-0.05, 0) is 6.42 Å². The van der Waals surface area contributed by atoms with Crippen LogP contribution in [0, 0.1) is 10.1 Å². The largest absolute Gasteiger partial charge is 0.329 e. The number of hydrogen-bond donors (Lipinski definition) is 2. The van der Waals surface area contributed by atoms with Gasteiger partial charge in [-0.15, -0.1) is 0 Å². The number of benzene rings is 1. The molecular weight excluding hydrogens is 426 g/mol. The molecule has 0 aliphatic heterocycles. The lowest BCUT2D eigenvalue weighted by atomic mass is 10.1. The van der Waals surface area contributed by atoms with Gasteiger partial charge in [0.05, 0.1) is 11.1 Å². The first-order valence-electron chi connectivity index (χ1n) is 11.2. The average molecular weight is 456 g/mol. The molecule has 0 radical (unpaired) electrons. The molecule has 0 spiro atoms. The Labute approximate surface area is 190 Å². The summed E-state index contributed by atoms with van der Waals surface area (Å²) in [7, 11) is 1.54. The standard InChI is InChI=1S/C22H29N7O4/c1-3-4-5-6-7-8-9-13-28-18-19(27(2)22(31)25-20(18)30)24-21(28)26-23-15-16-11-10-12-17(14-16)29(32)33/h10-12,14-15H,3-9,13H2,1-2H3,(H,24,26)(H,25,30,31)/b23-15-. The quantitative estimate of drug-likeness (QED) is 0.185. The number of hydrogen-bond acceptors (Lipinski definition) is 7. The Hall–Kier alpha value is -3.76. The molecule has 1 aromatic carbocycles. The van der Waals surface area contributed by atoms with Crippen LogP contribution in [-0.2, 0) is 13.6 Å². The van der Waals surface area contributed by atoms with Crippen LogP contribution in [0.1, 0.15) is 57.4 Å². The highest BCUT2D eigenvalue weighted by Crippen LogP contribution is 2.18. The van der Waals surface area contributed by atoms with E-state index in [-0.39, 0.29) is 11.3 Å². The fourth-order valence-electron chi connectivity index (χ4n) is 3.65. The van der Waals surface area contributed by atoms with Crippen molar-refractivity contribution in [1.29, 1.82) is 0 Å². The molecule has 33 heavy (non-hydrogen) atoms. The number of aryl methyl sites for hydroxylation is 2. The molecule has 0 bridgehead atoms. The maximum Gasteiger partial charge on any atom is 0.329 e. The normalized spacial score (nSPS) is 11.5. The number of fused-ring (bicyclic) bond motifs is 1. The lowest BCUT2D eigenvalue weighted by Gasteiger charge is -2.08. The van der Waals surface area contributed by atoms with Crippen LogP contribution in [0.5, 0.6) is 0 Å². The van der Waals surface area contributed by atoms with Crippen LogP contribution >= 0.6 is 0 Å². The third kappa shape index (κ3) is 5.93. The zero-order valence-electron chi connectivity index (χ0n) is 18.9. The number of nitrogens with one attached hydrogen (secondary N) is 2. The van der Waals surface area contributed by atoms with E-state index in [1.807, 2.05) is 0 Å². The second kappa shape index (κ2) is 11.2. The molecule has 11 nitrogen and oxygen atoms in total. The summed E-state index contributed by atoms with van der Waals surface area (Å²) >= 11 is 0. The van der Waals surface area contributed by atoms with Gasteiger partial charge in [-0.2, -0.15) is 10.1 Å². The first kappa shape index (κ1) is 23.9.